The molecule has 0 saturated heterocycles. The fraction of sp³-hybridized carbons (Fsp3) is 0.0667. The van der Waals surface area contributed by atoms with Crippen LogP contribution < -0.4 is 5.73 Å². The predicted octanol–water partition coefficient (Wildman–Crippen LogP) is 2.35. The molecular formula is C15H12FN3O2. The van der Waals surface area contributed by atoms with Gasteiger partial charge < -0.3 is 10.8 Å². The van der Waals surface area contributed by atoms with Gasteiger partial charge in [-0.25, -0.2) is 9.37 Å². The number of carboxylic acid groups (broad SMARTS) is 1. The summed E-state index contributed by atoms with van der Waals surface area (Å²) in [5, 5.41) is 9.07. The summed E-state index contributed by atoms with van der Waals surface area (Å²) in [5.74, 6) is -1.45. The van der Waals surface area contributed by atoms with Crippen LogP contribution in [-0.2, 0) is 11.2 Å². The topological polar surface area (TPSA) is 80.6 Å². The molecule has 3 rings (SSSR count). The highest BCUT2D eigenvalue weighted by atomic mass is 19.1. The van der Waals surface area contributed by atoms with Crippen molar-refractivity contribution in [1.29, 1.82) is 0 Å². The minimum Gasteiger partial charge on any atom is -0.481 e. The Morgan fingerprint density at radius 2 is 1.95 bits per heavy atom. The molecule has 0 fully saturated rings. The lowest BCUT2D eigenvalue weighted by Gasteiger charge is -2.03. The number of hydrogen-bond acceptors (Lipinski definition) is 3. The molecule has 2 aromatic heterocycles. The number of fused-ring (bicyclic) bond motifs is 1. The molecule has 5 nitrogen and oxygen atoms in total. The molecule has 0 radical (unpaired) electrons. The van der Waals surface area contributed by atoms with Crippen LogP contribution in [0.5, 0.6) is 0 Å². The van der Waals surface area contributed by atoms with Crippen LogP contribution in [-0.4, -0.2) is 20.5 Å². The van der Waals surface area contributed by atoms with Gasteiger partial charge in [0.2, 0.25) is 0 Å². The second kappa shape index (κ2) is 4.90. The smallest absolute Gasteiger partial charge is 0.309 e. The van der Waals surface area contributed by atoms with Crippen molar-refractivity contribution in [3.63, 3.8) is 0 Å². The van der Waals surface area contributed by atoms with Crippen LogP contribution in [0.25, 0.3) is 16.9 Å². The van der Waals surface area contributed by atoms with E-state index in [0.717, 1.165) is 5.56 Å². The Bertz CT molecular complexity index is 825. The van der Waals surface area contributed by atoms with Crippen LogP contribution in [0.2, 0.25) is 0 Å². The minimum atomic E-state index is -1.00. The first-order valence-corrected chi connectivity index (χ1v) is 6.29. The zero-order valence-electron chi connectivity index (χ0n) is 11.0. The van der Waals surface area contributed by atoms with Crippen molar-refractivity contribution in [3.05, 3.63) is 54.1 Å². The summed E-state index contributed by atoms with van der Waals surface area (Å²) in [6.07, 6.45) is 0.992. The summed E-state index contributed by atoms with van der Waals surface area (Å²) in [7, 11) is 0. The van der Waals surface area contributed by atoms with E-state index < -0.39 is 11.8 Å². The summed E-state index contributed by atoms with van der Waals surface area (Å²) in [6, 6.07) is 9.76. The number of aliphatic carboxylic acids is 1. The average Bonchev–Trinajstić information content (AvgIpc) is 2.77. The fourth-order valence-corrected chi connectivity index (χ4v) is 2.25. The second-order valence-corrected chi connectivity index (χ2v) is 4.68. The average molecular weight is 285 g/mol. The molecule has 106 valence electrons. The van der Waals surface area contributed by atoms with E-state index >= 15 is 0 Å². The first-order chi connectivity index (χ1) is 10.0. The molecule has 0 saturated carbocycles. The summed E-state index contributed by atoms with van der Waals surface area (Å²) < 4.78 is 14.9. The number of pyridine rings is 1. The van der Waals surface area contributed by atoms with Gasteiger partial charge in [-0.3, -0.25) is 9.20 Å². The first-order valence-electron chi connectivity index (χ1n) is 6.29. The number of nitrogens with zero attached hydrogens (tertiary/aromatic N) is 2. The van der Waals surface area contributed by atoms with E-state index in [1.165, 1.54) is 22.7 Å². The Labute approximate surface area is 119 Å². The number of rotatable bonds is 3. The minimum absolute atomic E-state index is 0.246. The molecule has 0 aliphatic carbocycles. The van der Waals surface area contributed by atoms with Crippen molar-refractivity contribution in [1.82, 2.24) is 9.38 Å². The number of carboxylic acids is 1. The molecule has 0 bridgehead atoms. The van der Waals surface area contributed by atoms with Crippen LogP contribution >= 0.6 is 0 Å². The largest absolute Gasteiger partial charge is 0.481 e. The predicted molar refractivity (Wildman–Crippen MR) is 76.3 cm³/mol. The zero-order chi connectivity index (χ0) is 15.0. The molecule has 3 N–H and O–H groups in total. The van der Waals surface area contributed by atoms with Gasteiger partial charge in [-0.2, -0.15) is 0 Å². The number of carbonyl (C=O) groups is 1. The van der Waals surface area contributed by atoms with Gasteiger partial charge in [0.1, 0.15) is 11.5 Å². The number of halogens is 1. The van der Waals surface area contributed by atoms with Crippen LogP contribution in [0.15, 0.2) is 42.6 Å². The highest BCUT2D eigenvalue weighted by molar-refractivity contribution is 5.76. The normalized spacial score (nSPS) is 10.9. The number of imidazole rings is 1. The zero-order valence-corrected chi connectivity index (χ0v) is 11.0. The molecule has 0 atom stereocenters. The lowest BCUT2D eigenvalue weighted by atomic mass is 10.1. The van der Waals surface area contributed by atoms with E-state index in [4.69, 9.17) is 10.8 Å². The van der Waals surface area contributed by atoms with Crippen LogP contribution in [0.3, 0.4) is 0 Å². The quantitative estimate of drug-likeness (QED) is 0.724. The second-order valence-electron chi connectivity index (χ2n) is 4.68. The fourth-order valence-electron chi connectivity index (χ4n) is 2.25. The van der Waals surface area contributed by atoms with Crippen molar-refractivity contribution in [2.45, 2.75) is 6.42 Å². The highest BCUT2D eigenvalue weighted by Crippen LogP contribution is 2.26. The standard InChI is InChI=1S/C15H12FN3O2/c16-10-3-6-13-18-15(9-1-4-11(17)5-2-9)12(7-14(20)21)19(13)8-10/h1-6,8H,7,17H2,(H,20,21). The van der Waals surface area contributed by atoms with Crippen molar-refractivity contribution in [2.75, 3.05) is 5.73 Å². The number of aromatic nitrogens is 2. The van der Waals surface area contributed by atoms with Gasteiger partial charge in [-0.1, -0.05) is 12.1 Å². The van der Waals surface area contributed by atoms with E-state index in [1.807, 2.05) is 0 Å². The van der Waals surface area contributed by atoms with E-state index in [1.54, 1.807) is 24.3 Å². The van der Waals surface area contributed by atoms with Crippen molar-refractivity contribution in [3.8, 4) is 11.3 Å². The summed E-state index contributed by atoms with van der Waals surface area (Å²) in [6.45, 7) is 0. The van der Waals surface area contributed by atoms with E-state index in [2.05, 4.69) is 4.98 Å². The SMILES string of the molecule is Nc1ccc(-c2nc3ccc(F)cn3c2CC(=O)O)cc1. The maximum atomic E-state index is 13.4. The Morgan fingerprint density at radius 1 is 1.24 bits per heavy atom. The molecule has 21 heavy (non-hydrogen) atoms. The number of nitrogen functional groups attached to an aromatic ring is 1. The number of benzene rings is 1. The highest BCUT2D eigenvalue weighted by Gasteiger charge is 2.17. The maximum absolute atomic E-state index is 13.4. The molecule has 2 heterocycles. The molecule has 0 unspecified atom stereocenters. The number of anilines is 1. The van der Waals surface area contributed by atoms with E-state index in [0.29, 0.717) is 22.7 Å². The lowest BCUT2D eigenvalue weighted by Crippen LogP contribution is -2.05. The lowest BCUT2D eigenvalue weighted by molar-refractivity contribution is -0.136. The molecular weight excluding hydrogens is 273 g/mol. The summed E-state index contributed by atoms with van der Waals surface area (Å²) in [5.41, 5.74) is 8.44. The van der Waals surface area contributed by atoms with Gasteiger partial charge >= 0.3 is 5.97 Å². The van der Waals surface area contributed by atoms with E-state index in [-0.39, 0.29) is 6.42 Å². The van der Waals surface area contributed by atoms with Crippen LogP contribution in [0.4, 0.5) is 10.1 Å². The van der Waals surface area contributed by atoms with Gasteiger partial charge in [0.25, 0.3) is 0 Å². The van der Waals surface area contributed by atoms with Crippen molar-refractivity contribution < 1.29 is 14.3 Å². The van der Waals surface area contributed by atoms with Crippen LogP contribution in [0.1, 0.15) is 5.69 Å². The van der Waals surface area contributed by atoms with Gasteiger partial charge in [0.15, 0.2) is 0 Å². The van der Waals surface area contributed by atoms with Gasteiger partial charge in [0, 0.05) is 17.4 Å². The van der Waals surface area contributed by atoms with Crippen molar-refractivity contribution >= 4 is 17.3 Å². The van der Waals surface area contributed by atoms with Crippen molar-refractivity contribution in [2.24, 2.45) is 0 Å². The number of nitrogens with two attached hydrogens (primary N) is 1. The van der Waals surface area contributed by atoms with Gasteiger partial charge in [-0.15, -0.1) is 0 Å². The maximum Gasteiger partial charge on any atom is 0.309 e. The first kappa shape index (κ1) is 13.1. The molecule has 0 aliphatic rings. The van der Waals surface area contributed by atoms with E-state index in [9.17, 15) is 9.18 Å². The van der Waals surface area contributed by atoms with Gasteiger partial charge in [-0.05, 0) is 24.3 Å². The molecule has 6 heteroatoms. The third kappa shape index (κ3) is 2.43. The molecule has 3 aromatic rings. The Morgan fingerprint density at radius 3 is 2.62 bits per heavy atom. The third-order valence-corrected chi connectivity index (χ3v) is 3.18. The molecule has 0 amide bonds. The number of hydrogen-bond donors (Lipinski definition) is 2. The summed E-state index contributed by atoms with van der Waals surface area (Å²) >= 11 is 0. The molecule has 0 aliphatic heterocycles. The summed E-state index contributed by atoms with van der Waals surface area (Å²) in [4.78, 5) is 15.5. The van der Waals surface area contributed by atoms with Gasteiger partial charge in [0.05, 0.1) is 17.8 Å². The Hall–Kier alpha value is -2.89. The van der Waals surface area contributed by atoms with Crippen LogP contribution in [0, 0.1) is 5.82 Å². The third-order valence-electron chi connectivity index (χ3n) is 3.18. The molecule has 0 spiro atoms. The monoisotopic (exact) mass is 285 g/mol. The Kier molecular flexibility index (Phi) is 3.06. The molecule has 1 aromatic carbocycles. The Balaban J connectivity index is 2.25.